The lowest BCUT2D eigenvalue weighted by atomic mass is 10.3. The molecule has 0 saturated heterocycles. The monoisotopic (exact) mass is 321 g/mol. The molecule has 0 atom stereocenters. The third kappa shape index (κ3) is 2.61. The van der Waals surface area contributed by atoms with Gasteiger partial charge in [-0.2, -0.15) is 0 Å². The van der Waals surface area contributed by atoms with Crippen LogP contribution in [0.5, 0.6) is 5.75 Å². The average molecular weight is 322 g/mol. The molecule has 1 aromatic heterocycles. The second-order valence-corrected chi connectivity index (χ2v) is 5.67. The van der Waals surface area contributed by atoms with Crippen LogP contribution in [-0.4, -0.2) is 16.7 Å². The summed E-state index contributed by atoms with van der Waals surface area (Å²) in [6.45, 7) is 2.02. The summed E-state index contributed by atoms with van der Waals surface area (Å²) < 4.78 is 8.39. The molecule has 0 aliphatic heterocycles. The van der Waals surface area contributed by atoms with Crippen LogP contribution in [0.3, 0.4) is 0 Å². The van der Waals surface area contributed by atoms with E-state index in [9.17, 15) is 0 Å². The molecule has 1 aromatic carbocycles. The zero-order chi connectivity index (χ0) is 13.4. The van der Waals surface area contributed by atoms with Gasteiger partial charge in [0.15, 0.2) is 0 Å². The van der Waals surface area contributed by atoms with E-state index in [1.54, 1.807) is 7.11 Å². The maximum absolute atomic E-state index is 5.23. The number of methoxy groups -OCH3 is 1. The van der Waals surface area contributed by atoms with Gasteiger partial charge in [-0.25, -0.2) is 4.98 Å². The van der Waals surface area contributed by atoms with E-state index in [-0.39, 0.29) is 0 Å². The number of rotatable bonds is 4. The van der Waals surface area contributed by atoms with E-state index in [4.69, 9.17) is 4.74 Å². The SMILES string of the molecule is COc1ccc(Nc2nc(C)cn2C2CC2)cc1Br. The summed E-state index contributed by atoms with van der Waals surface area (Å²) in [6.07, 6.45) is 4.60. The van der Waals surface area contributed by atoms with Crippen LogP contribution >= 0.6 is 15.9 Å². The molecule has 0 bridgehead atoms. The van der Waals surface area contributed by atoms with E-state index in [1.165, 1.54) is 12.8 Å². The molecule has 3 rings (SSSR count). The summed E-state index contributed by atoms with van der Waals surface area (Å²) in [7, 11) is 1.66. The molecule has 1 fully saturated rings. The highest BCUT2D eigenvalue weighted by Gasteiger charge is 2.26. The molecular formula is C14H16BrN3O. The molecule has 1 saturated carbocycles. The van der Waals surface area contributed by atoms with Crippen LogP contribution in [0, 0.1) is 6.92 Å². The summed E-state index contributed by atoms with van der Waals surface area (Å²) in [5, 5.41) is 3.37. The van der Waals surface area contributed by atoms with Crippen molar-refractivity contribution in [1.29, 1.82) is 0 Å². The van der Waals surface area contributed by atoms with Gasteiger partial charge in [0.1, 0.15) is 5.75 Å². The van der Waals surface area contributed by atoms with Gasteiger partial charge in [0.25, 0.3) is 0 Å². The fourth-order valence-electron chi connectivity index (χ4n) is 2.11. The van der Waals surface area contributed by atoms with Crippen molar-refractivity contribution in [1.82, 2.24) is 9.55 Å². The minimum atomic E-state index is 0.616. The third-order valence-corrected chi connectivity index (χ3v) is 3.82. The van der Waals surface area contributed by atoms with Crippen molar-refractivity contribution in [2.75, 3.05) is 12.4 Å². The number of nitrogens with one attached hydrogen (secondary N) is 1. The number of hydrogen-bond donors (Lipinski definition) is 1. The molecule has 2 aromatic rings. The number of anilines is 2. The first kappa shape index (κ1) is 12.5. The number of imidazole rings is 1. The van der Waals surface area contributed by atoms with Gasteiger partial charge in [-0.3, -0.25) is 0 Å². The Bertz CT molecular complexity index is 605. The molecule has 0 amide bonds. The summed E-state index contributed by atoms with van der Waals surface area (Å²) in [5.74, 6) is 1.74. The fourth-order valence-corrected chi connectivity index (χ4v) is 2.65. The van der Waals surface area contributed by atoms with Gasteiger partial charge in [-0.15, -0.1) is 0 Å². The van der Waals surface area contributed by atoms with Crippen molar-refractivity contribution < 1.29 is 4.74 Å². The van der Waals surface area contributed by atoms with E-state index in [2.05, 4.69) is 37.0 Å². The van der Waals surface area contributed by atoms with Crippen molar-refractivity contribution >= 4 is 27.6 Å². The minimum absolute atomic E-state index is 0.616. The molecule has 100 valence electrons. The molecule has 1 aliphatic carbocycles. The van der Waals surface area contributed by atoms with Gasteiger partial charge in [0.2, 0.25) is 5.95 Å². The summed E-state index contributed by atoms with van der Waals surface area (Å²) in [4.78, 5) is 4.54. The standard InChI is InChI=1S/C14H16BrN3O/c1-9-8-18(11-4-5-11)14(16-9)17-10-3-6-13(19-2)12(15)7-10/h3,6-8,11H,4-5H2,1-2H3,(H,16,17). The van der Waals surface area contributed by atoms with E-state index < -0.39 is 0 Å². The molecule has 0 spiro atoms. The van der Waals surface area contributed by atoms with Crippen LogP contribution in [0.4, 0.5) is 11.6 Å². The predicted octanol–water partition coefficient (Wildman–Crippen LogP) is 4.04. The normalized spacial score (nSPS) is 14.5. The number of benzene rings is 1. The first-order valence-corrected chi connectivity index (χ1v) is 7.12. The number of aryl methyl sites for hydroxylation is 1. The fraction of sp³-hybridized carbons (Fsp3) is 0.357. The highest BCUT2D eigenvalue weighted by atomic mass is 79.9. The topological polar surface area (TPSA) is 39.1 Å². The number of nitrogens with zero attached hydrogens (tertiary/aromatic N) is 2. The summed E-state index contributed by atoms with van der Waals surface area (Å²) in [5.41, 5.74) is 2.04. The van der Waals surface area contributed by atoms with E-state index in [0.29, 0.717) is 6.04 Å². The zero-order valence-corrected chi connectivity index (χ0v) is 12.6. The smallest absolute Gasteiger partial charge is 0.207 e. The van der Waals surface area contributed by atoms with Gasteiger partial charge in [0.05, 0.1) is 17.3 Å². The molecule has 0 radical (unpaired) electrons. The van der Waals surface area contributed by atoms with Crippen molar-refractivity contribution in [3.63, 3.8) is 0 Å². The lowest BCUT2D eigenvalue weighted by Gasteiger charge is -2.10. The zero-order valence-electron chi connectivity index (χ0n) is 11.0. The van der Waals surface area contributed by atoms with Crippen LogP contribution in [0.25, 0.3) is 0 Å². The molecular weight excluding hydrogens is 306 g/mol. The summed E-state index contributed by atoms with van der Waals surface area (Å²) in [6, 6.07) is 6.54. The maximum Gasteiger partial charge on any atom is 0.207 e. The van der Waals surface area contributed by atoms with E-state index >= 15 is 0 Å². The third-order valence-electron chi connectivity index (χ3n) is 3.20. The van der Waals surface area contributed by atoms with Crippen LogP contribution in [0.1, 0.15) is 24.6 Å². The molecule has 0 unspecified atom stereocenters. The van der Waals surface area contributed by atoms with Gasteiger partial charge >= 0.3 is 0 Å². The largest absolute Gasteiger partial charge is 0.496 e. The highest BCUT2D eigenvalue weighted by Crippen LogP contribution is 2.38. The molecule has 1 N–H and O–H groups in total. The molecule has 1 heterocycles. The van der Waals surface area contributed by atoms with E-state index in [1.807, 2.05) is 25.1 Å². The quantitative estimate of drug-likeness (QED) is 0.923. The molecule has 4 nitrogen and oxygen atoms in total. The van der Waals surface area contributed by atoms with Gasteiger partial charge in [-0.05, 0) is 53.9 Å². The van der Waals surface area contributed by atoms with Crippen LogP contribution < -0.4 is 10.1 Å². The number of aromatic nitrogens is 2. The van der Waals surface area contributed by atoms with Gasteiger partial charge in [0, 0.05) is 17.9 Å². The predicted molar refractivity (Wildman–Crippen MR) is 79.2 cm³/mol. The Kier molecular flexibility index (Phi) is 3.22. The lowest BCUT2D eigenvalue weighted by molar-refractivity contribution is 0.412. The Morgan fingerprint density at radius 1 is 1.42 bits per heavy atom. The minimum Gasteiger partial charge on any atom is -0.496 e. The Balaban J connectivity index is 1.86. The number of halogens is 1. The van der Waals surface area contributed by atoms with Crippen molar-refractivity contribution in [3.05, 3.63) is 34.6 Å². The Labute approximate surface area is 120 Å². The molecule has 5 heteroatoms. The summed E-state index contributed by atoms with van der Waals surface area (Å²) >= 11 is 3.49. The first-order valence-electron chi connectivity index (χ1n) is 6.33. The van der Waals surface area contributed by atoms with Gasteiger partial charge < -0.3 is 14.6 Å². The highest BCUT2D eigenvalue weighted by molar-refractivity contribution is 9.10. The van der Waals surface area contributed by atoms with Crippen LogP contribution in [0.2, 0.25) is 0 Å². The average Bonchev–Trinajstić information content (AvgIpc) is 3.15. The van der Waals surface area contributed by atoms with Crippen LogP contribution in [-0.2, 0) is 0 Å². The second-order valence-electron chi connectivity index (χ2n) is 4.82. The van der Waals surface area contributed by atoms with Crippen molar-refractivity contribution in [2.24, 2.45) is 0 Å². The Morgan fingerprint density at radius 3 is 2.84 bits per heavy atom. The first-order chi connectivity index (χ1) is 9.17. The maximum atomic E-state index is 5.23. The molecule has 19 heavy (non-hydrogen) atoms. The van der Waals surface area contributed by atoms with Crippen molar-refractivity contribution in [2.45, 2.75) is 25.8 Å². The van der Waals surface area contributed by atoms with Crippen LogP contribution in [0.15, 0.2) is 28.9 Å². The second kappa shape index (κ2) is 4.89. The number of ether oxygens (including phenoxy) is 1. The van der Waals surface area contributed by atoms with Crippen molar-refractivity contribution in [3.8, 4) is 5.75 Å². The van der Waals surface area contributed by atoms with Gasteiger partial charge in [-0.1, -0.05) is 0 Å². The van der Waals surface area contributed by atoms with E-state index in [0.717, 1.165) is 27.6 Å². The lowest BCUT2D eigenvalue weighted by Crippen LogP contribution is -2.01. The number of hydrogen-bond acceptors (Lipinski definition) is 3. The Morgan fingerprint density at radius 2 is 2.21 bits per heavy atom. The molecule has 1 aliphatic rings. The Hall–Kier alpha value is -1.49.